The van der Waals surface area contributed by atoms with Crippen LogP contribution in [0.3, 0.4) is 0 Å². The molecule has 5 nitrogen and oxygen atoms in total. The van der Waals surface area contributed by atoms with Crippen LogP contribution in [-0.2, 0) is 17.6 Å². The van der Waals surface area contributed by atoms with Gasteiger partial charge < -0.3 is 14.6 Å². The molecule has 1 fully saturated rings. The van der Waals surface area contributed by atoms with Gasteiger partial charge in [-0.1, -0.05) is 11.6 Å². The van der Waals surface area contributed by atoms with Crippen LogP contribution in [0.2, 0.25) is 0 Å². The van der Waals surface area contributed by atoms with Crippen LogP contribution in [0.25, 0.3) is 0 Å². The highest BCUT2D eigenvalue weighted by atomic mass is 16.5. The van der Waals surface area contributed by atoms with Crippen molar-refractivity contribution in [1.82, 2.24) is 15.5 Å². The zero-order chi connectivity index (χ0) is 12.6. The number of hydrogen-bond donors (Lipinski definition) is 1. The van der Waals surface area contributed by atoms with Crippen LogP contribution in [0.5, 0.6) is 0 Å². The highest BCUT2D eigenvalue weighted by molar-refractivity contribution is 4.88. The average Bonchev–Trinajstić information content (AvgIpc) is 2.86. The fourth-order valence-electron chi connectivity index (χ4n) is 2.34. The van der Waals surface area contributed by atoms with Crippen molar-refractivity contribution < 1.29 is 9.26 Å². The minimum atomic E-state index is 0.627. The van der Waals surface area contributed by atoms with E-state index in [9.17, 15) is 0 Å². The predicted molar refractivity (Wildman–Crippen MR) is 68.5 cm³/mol. The molecule has 0 amide bonds. The molecule has 0 spiro atoms. The number of ether oxygens (including phenoxy) is 1. The van der Waals surface area contributed by atoms with E-state index in [4.69, 9.17) is 9.26 Å². The molecule has 0 aliphatic carbocycles. The zero-order valence-corrected chi connectivity index (χ0v) is 11.2. The largest absolute Gasteiger partial charge is 0.385 e. The number of aromatic nitrogens is 2. The molecule has 2 heterocycles. The third kappa shape index (κ3) is 4.38. The molecule has 2 rings (SSSR count). The first-order valence-electron chi connectivity index (χ1n) is 6.92. The van der Waals surface area contributed by atoms with Crippen molar-refractivity contribution in [2.24, 2.45) is 0 Å². The van der Waals surface area contributed by atoms with Gasteiger partial charge in [0, 0.05) is 32.6 Å². The Balaban J connectivity index is 1.69. The summed E-state index contributed by atoms with van der Waals surface area (Å²) < 4.78 is 10.3. The summed E-state index contributed by atoms with van der Waals surface area (Å²) in [7, 11) is 1.71. The normalized spacial score (nSPS) is 20.2. The second kappa shape index (κ2) is 7.48. The second-order valence-electron chi connectivity index (χ2n) is 4.89. The number of nitrogens with one attached hydrogen (secondary N) is 1. The van der Waals surface area contributed by atoms with E-state index in [0.29, 0.717) is 6.04 Å². The molecule has 0 bridgehead atoms. The first-order chi connectivity index (χ1) is 8.88. The summed E-state index contributed by atoms with van der Waals surface area (Å²) in [6.45, 7) is 1.90. The van der Waals surface area contributed by atoms with Crippen LogP contribution >= 0.6 is 0 Å². The van der Waals surface area contributed by atoms with Crippen LogP contribution in [0.1, 0.15) is 43.8 Å². The van der Waals surface area contributed by atoms with E-state index in [-0.39, 0.29) is 0 Å². The summed E-state index contributed by atoms with van der Waals surface area (Å²) in [5.41, 5.74) is 0. The Hall–Kier alpha value is -0.940. The molecular weight excluding hydrogens is 230 g/mol. The monoisotopic (exact) mass is 253 g/mol. The molecule has 1 atom stereocenters. The second-order valence-corrected chi connectivity index (χ2v) is 4.89. The molecule has 1 aromatic heterocycles. The lowest BCUT2D eigenvalue weighted by atomic mass is 10.0. The van der Waals surface area contributed by atoms with Crippen LogP contribution in [0, 0.1) is 0 Å². The van der Waals surface area contributed by atoms with E-state index >= 15 is 0 Å². The Morgan fingerprint density at radius 3 is 3.11 bits per heavy atom. The lowest BCUT2D eigenvalue weighted by Gasteiger charge is -2.22. The van der Waals surface area contributed by atoms with Crippen molar-refractivity contribution in [3.8, 4) is 0 Å². The van der Waals surface area contributed by atoms with E-state index in [1.165, 1.54) is 19.3 Å². The third-order valence-electron chi connectivity index (χ3n) is 3.38. The van der Waals surface area contributed by atoms with Crippen LogP contribution in [0.15, 0.2) is 4.52 Å². The standard InChI is InChI=1S/C13H23N3O2/c1-17-10-4-6-12-15-13(18-16-12)8-7-11-5-2-3-9-14-11/h11,14H,2-10H2,1H3. The smallest absolute Gasteiger partial charge is 0.226 e. The van der Waals surface area contributed by atoms with Crippen LogP contribution < -0.4 is 5.32 Å². The lowest BCUT2D eigenvalue weighted by Crippen LogP contribution is -2.34. The van der Waals surface area contributed by atoms with Gasteiger partial charge in [0.25, 0.3) is 0 Å². The van der Waals surface area contributed by atoms with Gasteiger partial charge in [0.2, 0.25) is 5.89 Å². The van der Waals surface area contributed by atoms with E-state index in [1.54, 1.807) is 7.11 Å². The van der Waals surface area contributed by atoms with E-state index in [2.05, 4.69) is 15.5 Å². The molecule has 1 aromatic rings. The first kappa shape index (κ1) is 13.5. The van der Waals surface area contributed by atoms with Crippen molar-refractivity contribution >= 4 is 0 Å². The molecule has 0 aromatic carbocycles. The topological polar surface area (TPSA) is 60.2 Å². The molecule has 102 valence electrons. The molecule has 18 heavy (non-hydrogen) atoms. The van der Waals surface area contributed by atoms with E-state index in [1.807, 2.05) is 0 Å². The van der Waals surface area contributed by atoms with Gasteiger partial charge in [0.05, 0.1) is 0 Å². The molecule has 0 radical (unpaired) electrons. The fraction of sp³-hybridized carbons (Fsp3) is 0.846. The molecule has 1 saturated heterocycles. The molecule has 1 unspecified atom stereocenters. The summed E-state index contributed by atoms with van der Waals surface area (Å²) in [6.07, 6.45) is 7.67. The molecule has 1 aliphatic rings. The number of piperidine rings is 1. The summed E-state index contributed by atoms with van der Waals surface area (Å²) in [4.78, 5) is 4.41. The van der Waals surface area contributed by atoms with Crippen molar-refractivity contribution in [3.05, 3.63) is 11.7 Å². The Morgan fingerprint density at radius 2 is 2.33 bits per heavy atom. The zero-order valence-electron chi connectivity index (χ0n) is 11.2. The Bertz CT molecular complexity index is 335. The number of nitrogens with zero attached hydrogens (tertiary/aromatic N) is 2. The van der Waals surface area contributed by atoms with Crippen LogP contribution in [-0.4, -0.2) is 36.4 Å². The number of rotatable bonds is 7. The maximum atomic E-state index is 5.26. The molecule has 0 saturated carbocycles. The summed E-state index contributed by atoms with van der Waals surface area (Å²) in [5, 5.41) is 7.52. The summed E-state index contributed by atoms with van der Waals surface area (Å²) >= 11 is 0. The van der Waals surface area contributed by atoms with Gasteiger partial charge in [-0.2, -0.15) is 4.98 Å². The predicted octanol–water partition coefficient (Wildman–Crippen LogP) is 1.72. The van der Waals surface area contributed by atoms with Gasteiger partial charge in [-0.3, -0.25) is 0 Å². The van der Waals surface area contributed by atoms with Gasteiger partial charge >= 0.3 is 0 Å². The van der Waals surface area contributed by atoms with Gasteiger partial charge in [0.1, 0.15) is 0 Å². The third-order valence-corrected chi connectivity index (χ3v) is 3.38. The van der Waals surface area contributed by atoms with Gasteiger partial charge in [-0.15, -0.1) is 0 Å². The van der Waals surface area contributed by atoms with Crippen LogP contribution in [0.4, 0.5) is 0 Å². The van der Waals surface area contributed by atoms with Gasteiger partial charge in [-0.25, -0.2) is 0 Å². The first-order valence-corrected chi connectivity index (χ1v) is 6.92. The Morgan fingerprint density at radius 1 is 1.39 bits per heavy atom. The molecule has 1 aliphatic heterocycles. The van der Waals surface area contributed by atoms with Gasteiger partial charge in [0.15, 0.2) is 5.82 Å². The number of methoxy groups -OCH3 is 1. The van der Waals surface area contributed by atoms with Gasteiger partial charge in [-0.05, 0) is 32.2 Å². The summed E-state index contributed by atoms with van der Waals surface area (Å²) in [6, 6.07) is 0.627. The van der Waals surface area contributed by atoms with E-state index < -0.39 is 0 Å². The lowest BCUT2D eigenvalue weighted by molar-refractivity contribution is 0.194. The number of aryl methyl sites for hydroxylation is 2. The average molecular weight is 253 g/mol. The highest BCUT2D eigenvalue weighted by Gasteiger charge is 2.14. The fourth-order valence-corrected chi connectivity index (χ4v) is 2.34. The minimum Gasteiger partial charge on any atom is -0.385 e. The molecular formula is C13H23N3O2. The minimum absolute atomic E-state index is 0.627. The summed E-state index contributed by atoms with van der Waals surface area (Å²) in [5.74, 6) is 1.58. The maximum absolute atomic E-state index is 5.26. The number of hydrogen-bond acceptors (Lipinski definition) is 5. The SMILES string of the molecule is COCCCc1noc(CCC2CCCCN2)n1. The van der Waals surface area contributed by atoms with Crippen molar-refractivity contribution in [1.29, 1.82) is 0 Å². The molecule has 1 N–H and O–H groups in total. The highest BCUT2D eigenvalue weighted by Crippen LogP contribution is 2.12. The van der Waals surface area contributed by atoms with Crippen molar-refractivity contribution in [2.45, 2.75) is 51.0 Å². The Kier molecular flexibility index (Phi) is 5.61. The molecule has 5 heteroatoms. The maximum Gasteiger partial charge on any atom is 0.226 e. The van der Waals surface area contributed by atoms with E-state index in [0.717, 1.165) is 50.6 Å². The Labute approximate surface area is 108 Å². The quantitative estimate of drug-likeness (QED) is 0.750. The van der Waals surface area contributed by atoms with Crippen molar-refractivity contribution in [2.75, 3.05) is 20.3 Å². The van der Waals surface area contributed by atoms with Crippen molar-refractivity contribution in [3.63, 3.8) is 0 Å².